The number of sulfonamides is 1. The second kappa shape index (κ2) is 7.03. The van der Waals surface area contributed by atoms with E-state index in [1.165, 1.54) is 26.4 Å². The van der Waals surface area contributed by atoms with Crippen LogP contribution in [0.5, 0.6) is 0 Å². The molecule has 0 radical (unpaired) electrons. The molecule has 0 unspecified atom stereocenters. The highest BCUT2D eigenvalue weighted by Crippen LogP contribution is 2.32. The molecule has 154 valence electrons. The molecule has 0 spiro atoms. The summed E-state index contributed by atoms with van der Waals surface area (Å²) in [5.74, 6) is -3.86. The maximum Gasteiger partial charge on any atom is 0.275 e. The topological polar surface area (TPSA) is 128 Å². The molecule has 1 atom stereocenters. The van der Waals surface area contributed by atoms with Gasteiger partial charge in [-0.2, -0.15) is 0 Å². The van der Waals surface area contributed by atoms with E-state index >= 15 is 0 Å². The number of nitrogens with one attached hydrogen (secondary N) is 3. The number of benzene rings is 1. The first kappa shape index (κ1) is 20.6. The number of carbonyl (C=O) groups excluding carboxylic acids is 1. The normalized spacial score (nSPS) is 20.9. The molecule has 12 heteroatoms. The predicted molar refractivity (Wildman–Crippen MR) is 101 cm³/mol. The van der Waals surface area contributed by atoms with Crippen molar-refractivity contribution in [1.29, 1.82) is 5.41 Å². The van der Waals surface area contributed by atoms with Crippen LogP contribution in [0.4, 0.5) is 14.5 Å². The van der Waals surface area contributed by atoms with Crippen molar-refractivity contribution in [3.05, 3.63) is 53.1 Å². The number of aromatic nitrogens is 2. The summed E-state index contributed by atoms with van der Waals surface area (Å²) in [4.78, 5) is 20.1. The molecule has 3 rings (SSSR count). The van der Waals surface area contributed by atoms with Crippen LogP contribution in [0.25, 0.3) is 0 Å². The second-order valence-corrected chi connectivity index (χ2v) is 8.84. The number of anilines is 1. The molecular formula is C17H18F2N6O3S. The average molecular weight is 424 g/mol. The smallest absolute Gasteiger partial charge is 0.275 e. The SMILES string of the molecule is Cc1cnc(C(=O)Nc2cc([C@]3(C)CS(=O)(=O)N(C)C(=N)N3)c(F)cc2F)cn1. The Morgan fingerprint density at radius 3 is 2.55 bits per heavy atom. The zero-order valence-corrected chi connectivity index (χ0v) is 16.6. The third-order valence-electron chi connectivity index (χ3n) is 4.51. The molecule has 0 aliphatic carbocycles. The summed E-state index contributed by atoms with van der Waals surface area (Å²) < 4.78 is 54.1. The van der Waals surface area contributed by atoms with Crippen molar-refractivity contribution < 1.29 is 22.0 Å². The van der Waals surface area contributed by atoms with Crippen molar-refractivity contribution in [2.24, 2.45) is 0 Å². The van der Waals surface area contributed by atoms with Gasteiger partial charge in [0.25, 0.3) is 5.91 Å². The molecule has 1 fully saturated rings. The lowest BCUT2D eigenvalue weighted by Gasteiger charge is -2.40. The van der Waals surface area contributed by atoms with Crippen LogP contribution < -0.4 is 10.6 Å². The minimum absolute atomic E-state index is 0.0751. The average Bonchev–Trinajstić information content (AvgIpc) is 2.62. The Hall–Kier alpha value is -3.15. The van der Waals surface area contributed by atoms with Gasteiger partial charge in [-0.25, -0.2) is 26.5 Å². The molecule has 1 aliphatic rings. The molecule has 1 amide bonds. The van der Waals surface area contributed by atoms with Crippen LogP contribution in [0.3, 0.4) is 0 Å². The van der Waals surface area contributed by atoms with Crippen LogP contribution in [-0.4, -0.2) is 47.4 Å². The maximum absolute atomic E-state index is 14.5. The molecule has 9 nitrogen and oxygen atoms in total. The zero-order valence-electron chi connectivity index (χ0n) is 15.7. The standard InChI is InChI=1S/C17H18F2N6O3S/c1-9-6-22-14(7-21-9)15(26)23-13-4-10(11(18)5-12(13)19)17(2)8-29(27,28)25(3)16(20)24-17/h4-7H,8H2,1-3H3,(H2,20,24)(H,23,26)/t17-/m0/s1. The van der Waals surface area contributed by atoms with E-state index in [-0.39, 0.29) is 16.9 Å². The molecule has 2 heterocycles. The molecule has 1 aromatic carbocycles. The van der Waals surface area contributed by atoms with Gasteiger partial charge in [-0.1, -0.05) is 0 Å². The van der Waals surface area contributed by atoms with E-state index in [1.54, 1.807) is 6.92 Å². The summed E-state index contributed by atoms with van der Waals surface area (Å²) in [6.07, 6.45) is 2.57. The number of amides is 1. The van der Waals surface area contributed by atoms with E-state index in [4.69, 9.17) is 5.41 Å². The van der Waals surface area contributed by atoms with Crippen LogP contribution in [0.15, 0.2) is 24.5 Å². The van der Waals surface area contributed by atoms with Gasteiger partial charge in [0.2, 0.25) is 16.0 Å². The van der Waals surface area contributed by atoms with Crippen LogP contribution in [0, 0.1) is 24.0 Å². The number of carbonyl (C=O) groups is 1. The van der Waals surface area contributed by atoms with Crippen LogP contribution in [0.2, 0.25) is 0 Å². The minimum Gasteiger partial charge on any atom is -0.345 e. The highest BCUT2D eigenvalue weighted by Gasteiger charge is 2.43. The van der Waals surface area contributed by atoms with Gasteiger partial charge in [0.05, 0.1) is 28.9 Å². The molecule has 1 aromatic heterocycles. The first-order valence-corrected chi connectivity index (χ1v) is 9.97. The molecule has 0 bridgehead atoms. The van der Waals surface area contributed by atoms with Gasteiger partial charge in [-0.3, -0.25) is 15.2 Å². The van der Waals surface area contributed by atoms with Gasteiger partial charge in [0.1, 0.15) is 17.3 Å². The lowest BCUT2D eigenvalue weighted by Crippen LogP contribution is -2.61. The van der Waals surface area contributed by atoms with Gasteiger partial charge in [0, 0.05) is 24.9 Å². The third kappa shape index (κ3) is 3.88. The number of guanidine groups is 1. The highest BCUT2D eigenvalue weighted by molar-refractivity contribution is 7.89. The largest absolute Gasteiger partial charge is 0.345 e. The Balaban J connectivity index is 1.98. The van der Waals surface area contributed by atoms with Crippen LogP contribution in [0.1, 0.15) is 28.7 Å². The number of hydrogen-bond donors (Lipinski definition) is 3. The number of nitrogens with zero attached hydrogens (tertiary/aromatic N) is 3. The predicted octanol–water partition coefficient (Wildman–Crippen LogP) is 1.33. The van der Waals surface area contributed by atoms with E-state index in [1.807, 2.05) is 0 Å². The number of hydrogen-bond acceptors (Lipinski definition) is 6. The summed E-state index contributed by atoms with van der Waals surface area (Å²) in [5, 5.41) is 12.7. The van der Waals surface area contributed by atoms with E-state index in [2.05, 4.69) is 20.6 Å². The molecule has 1 aliphatic heterocycles. The number of rotatable bonds is 3. The van der Waals surface area contributed by atoms with Crippen molar-refractivity contribution in [2.45, 2.75) is 19.4 Å². The molecular weight excluding hydrogens is 406 g/mol. The van der Waals surface area contributed by atoms with Crippen molar-refractivity contribution in [3.8, 4) is 0 Å². The molecule has 2 aromatic rings. The van der Waals surface area contributed by atoms with Crippen LogP contribution >= 0.6 is 0 Å². The Labute approximate surface area is 165 Å². The molecule has 3 N–H and O–H groups in total. The van der Waals surface area contributed by atoms with Crippen molar-refractivity contribution >= 4 is 27.6 Å². The first-order chi connectivity index (χ1) is 13.4. The van der Waals surface area contributed by atoms with Gasteiger partial charge >= 0.3 is 0 Å². The molecule has 0 saturated carbocycles. The molecule has 1 saturated heterocycles. The summed E-state index contributed by atoms with van der Waals surface area (Å²) >= 11 is 0. The Morgan fingerprint density at radius 1 is 1.28 bits per heavy atom. The Morgan fingerprint density at radius 2 is 1.97 bits per heavy atom. The van der Waals surface area contributed by atoms with E-state index in [0.717, 1.165) is 10.4 Å². The Bertz CT molecular complexity index is 1110. The lowest BCUT2D eigenvalue weighted by molar-refractivity contribution is 0.102. The summed E-state index contributed by atoms with van der Waals surface area (Å²) in [6, 6.07) is 1.55. The fraction of sp³-hybridized carbons (Fsp3) is 0.294. The lowest BCUT2D eigenvalue weighted by atomic mass is 9.92. The number of aryl methyl sites for hydroxylation is 1. The van der Waals surface area contributed by atoms with Crippen LogP contribution in [-0.2, 0) is 15.6 Å². The fourth-order valence-electron chi connectivity index (χ4n) is 2.89. The van der Waals surface area contributed by atoms with Gasteiger partial charge < -0.3 is 10.6 Å². The summed E-state index contributed by atoms with van der Waals surface area (Å²) in [7, 11) is -2.70. The zero-order chi connectivity index (χ0) is 21.6. The molecule has 29 heavy (non-hydrogen) atoms. The van der Waals surface area contributed by atoms with Crippen molar-refractivity contribution in [3.63, 3.8) is 0 Å². The first-order valence-electron chi connectivity index (χ1n) is 8.36. The fourth-order valence-corrected chi connectivity index (χ4v) is 4.36. The highest BCUT2D eigenvalue weighted by atomic mass is 32.2. The quantitative estimate of drug-likeness (QED) is 0.682. The van der Waals surface area contributed by atoms with E-state index in [9.17, 15) is 22.0 Å². The third-order valence-corrected chi connectivity index (χ3v) is 6.47. The van der Waals surface area contributed by atoms with Crippen molar-refractivity contribution in [1.82, 2.24) is 19.6 Å². The summed E-state index contributed by atoms with van der Waals surface area (Å²) in [5.41, 5.74) is -1.62. The van der Waals surface area contributed by atoms with Gasteiger partial charge in [-0.05, 0) is 19.9 Å². The second-order valence-electron chi connectivity index (χ2n) is 6.84. The van der Waals surface area contributed by atoms with E-state index < -0.39 is 44.8 Å². The Kier molecular flexibility index (Phi) is 4.99. The van der Waals surface area contributed by atoms with Gasteiger partial charge in [0.15, 0.2) is 0 Å². The summed E-state index contributed by atoms with van der Waals surface area (Å²) in [6.45, 7) is 3.06. The van der Waals surface area contributed by atoms with Crippen molar-refractivity contribution in [2.75, 3.05) is 18.1 Å². The van der Waals surface area contributed by atoms with E-state index in [0.29, 0.717) is 11.8 Å². The number of halogens is 2. The minimum atomic E-state index is -3.90. The monoisotopic (exact) mass is 424 g/mol. The van der Waals surface area contributed by atoms with Gasteiger partial charge in [-0.15, -0.1) is 0 Å². The maximum atomic E-state index is 14.5.